The van der Waals surface area contributed by atoms with E-state index >= 15 is 0 Å². The summed E-state index contributed by atoms with van der Waals surface area (Å²) >= 11 is 1.60. The van der Waals surface area contributed by atoms with E-state index in [4.69, 9.17) is 0 Å². The molecule has 2 aromatic carbocycles. The third kappa shape index (κ3) is 2.47. The molecule has 4 aromatic rings. The van der Waals surface area contributed by atoms with E-state index in [-0.39, 0.29) is 0 Å². The first-order valence-electron chi connectivity index (χ1n) is 9.09. The predicted octanol–water partition coefficient (Wildman–Crippen LogP) is 5.13. The zero-order valence-electron chi connectivity index (χ0n) is 14.7. The molecule has 0 amide bonds. The lowest BCUT2D eigenvalue weighted by Crippen LogP contribution is -1.97. The number of anilines is 2. The SMILES string of the molecule is O=S1(=O)C=C(C2CC2)c2cc3nccc(Nc4ccc5scnc5c4)c3cc21. The first kappa shape index (κ1) is 16.2. The molecule has 0 atom stereocenters. The molecular weight excluding hydrogens is 390 g/mol. The van der Waals surface area contributed by atoms with Crippen LogP contribution in [0.5, 0.6) is 0 Å². The van der Waals surface area contributed by atoms with Crippen molar-refractivity contribution in [1.29, 1.82) is 0 Å². The summed E-state index contributed by atoms with van der Waals surface area (Å²) in [5.74, 6) is 0.375. The van der Waals surface area contributed by atoms with Gasteiger partial charge in [-0.05, 0) is 66.3 Å². The summed E-state index contributed by atoms with van der Waals surface area (Å²) in [4.78, 5) is 9.25. The Bertz CT molecular complexity index is 1420. The molecule has 5 nitrogen and oxygen atoms in total. The van der Waals surface area contributed by atoms with Gasteiger partial charge in [0.1, 0.15) is 0 Å². The van der Waals surface area contributed by atoms with Crippen molar-refractivity contribution in [2.75, 3.05) is 5.32 Å². The molecule has 2 aliphatic rings. The van der Waals surface area contributed by atoms with Crippen molar-refractivity contribution >= 4 is 59.2 Å². The molecule has 138 valence electrons. The zero-order valence-corrected chi connectivity index (χ0v) is 16.3. The molecule has 2 aromatic heterocycles. The van der Waals surface area contributed by atoms with Gasteiger partial charge in [0.25, 0.3) is 0 Å². The second kappa shape index (κ2) is 5.62. The maximum absolute atomic E-state index is 12.7. The summed E-state index contributed by atoms with van der Waals surface area (Å²) in [5, 5.41) is 5.66. The van der Waals surface area contributed by atoms with Gasteiger partial charge in [-0.3, -0.25) is 4.98 Å². The molecule has 0 spiro atoms. The lowest BCUT2D eigenvalue weighted by atomic mass is 10.0. The quantitative estimate of drug-likeness (QED) is 0.512. The maximum atomic E-state index is 12.7. The Morgan fingerprint density at radius 3 is 2.79 bits per heavy atom. The molecule has 7 heteroatoms. The molecule has 3 heterocycles. The van der Waals surface area contributed by atoms with Crippen LogP contribution in [0.1, 0.15) is 18.4 Å². The third-order valence-electron chi connectivity index (χ3n) is 5.37. The van der Waals surface area contributed by atoms with E-state index in [1.54, 1.807) is 23.6 Å². The van der Waals surface area contributed by atoms with Crippen LogP contribution >= 0.6 is 11.3 Å². The van der Waals surface area contributed by atoms with E-state index in [2.05, 4.69) is 15.3 Å². The van der Waals surface area contributed by atoms with Crippen molar-refractivity contribution in [2.45, 2.75) is 17.7 Å². The van der Waals surface area contributed by atoms with Crippen LogP contribution < -0.4 is 5.32 Å². The Labute approximate surface area is 165 Å². The number of nitrogens with one attached hydrogen (secondary N) is 1. The van der Waals surface area contributed by atoms with Gasteiger partial charge in [-0.2, -0.15) is 0 Å². The first-order valence-corrected chi connectivity index (χ1v) is 11.5. The van der Waals surface area contributed by atoms with E-state index in [1.165, 1.54) is 5.41 Å². The van der Waals surface area contributed by atoms with Crippen LogP contribution in [-0.2, 0) is 9.84 Å². The molecular formula is C21H15N3O2S2. The van der Waals surface area contributed by atoms with Gasteiger partial charge in [0.05, 0.1) is 26.1 Å². The minimum absolute atomic E-state index is 0.375. The number of nitrogens with zero attached hydrogens (tertiary/aromatic N) is 2. The van der Waals surface area contributed by atoms with Crippen molar-refractivity contribution in [3.63, 3.8) is 0 Å². The molecule has 0 radical (unpaired) electrons. The van der Waals surface area contributed by atoms with Crippen LogP contribution in [0.15, 0.2) is 58.4 Å². The van der Waals surface area contributed by atoms with Crippen LogP contribution in [0, 0.1) is 5.92 Å². The van der Waals surface area contributed by atoms with Crippen molar-refractivity contribution in [1.82, 2.24) is 9.97 Å². The highest BCUT2D eigenvalue weighted by atomic mass is 32.2. The van der Waals surface area contributed by atoms with Crippen LogP contribution in [0.4, 0.5) is 11.4 Å². The molecule has 1 aliphatic carbocycles. The highest BCUT2D eigenvalue weighted by Gasteiger charge is 2.36. The van der Waals surface area contributed by atoms with E-state index in [1.807, 2.05) is 35.8 Å². The lowest BCUT2D eigenvalue weighted by molar-refractivity contribution is 0.605. The Hall–Kier alpha value is -2.77. The van der Waals surface area contributed by atoms with Gasteiger partial charge >= 0.3 is 0 Å². The molecule has 1 aliphatic heterocycles. The molecule has 1 saturated carbocycles. The van der Waals surface area contributed by atoms with E-state index in [0.717, 1.165) is 56.5 Å². The van der Waals surface area contributed by atoms with E-state index in [9.17, 15) is 8.42 Å². The normalized spacial score (nSPS) is 17.6. The molecule has 0 unspecified atom stereocenters. The van der Waals surface area contributed by atoms with Crippen LogP contribution in [0.25, 0.3) is 26.7 Å². The number of rotatable bonds is 3. The topological polar surface area (TPSA) is 72.0 Å². The Morgan fingerprint density at radius 1 is 1.04 bits per heavy atom. The lowest BCUT2D eigenvalue weighted by Gasteiger charge is -2.12. The number of pyridine rings is 1. The largest absolute Gasteiger partial charge is 0.355 e. The van der Waals surface area contributed by atoms with Gasteiger partial charge in [-0.25, -0.2) is 13.4 Å². The molecule has 0 bridgehead atoms. The molecule has 6 rings (SSSR count). The predicted molar refractivity (Wildman–Crippen MR) is 113 cm³/mol. The summed E-state index contributed by atoms with van der Waals surface area (Å²) in [7, 11) is -3.39. The minimum atomic E-state index is -3.39. The molecule has 28 heavy (non-hydrogen) atoms. The number of benzene rings is 2. The first-order chi connectivity index (χ1) is 13.6. The second-order valence-corrected chi connectivity index (χ2v) is 9.93. The molecule has 1 fully saturated rings. The molecule has 0 saturated heterocycles. The van der Waals surface area contributed by atoms with Crippen LogP contribution in [0.2, 0.25) is 0 Å². The third-order valence-corrected chi connectivity index (χ3v) is 7.69. The van der Waals surface area contributed by atoms with Crippen molar-refractivity contribution in [3.8, 4) is 0 Å². The van der Waals surface area contributed by atoms with Gasteiger partial charge in [0, 0.05) is 28.4 Å². The maximum Gasteiger partial charge on any atom is 0.200 e. The smallest absolute Gasteiger partial charge is 0.200 e. The van der Waals surface area contributed by atoms with Crippen molar-refractivity contribution < 1.29 is 8.42 Å². The van der Waals surface area contributed by atoms with Crippen molar-refractivity contribution in [2.24, 2.45) is 5.92 Å². The second-order valence-electron chi connectivity index (χ2n) is 7.28. The highest BCUT2D eigenvalue weighted by Crippen LogP contribution is 2.49. The number of fused-ring (bicyclic) bond motifs is 3. The summed E-state index contributed by atoms with van der Waals surface area (Å²) in [6, 6.07) is 11.6. The van der Waals surface area contributed by atoms with Gasteiger partial charge in [-0.1, -0.05) is 0 Å². The van der Waals surface area contributed by atoms with E-state index < -0.39 is 9.84 Å². The fraction of sp³-hybridized carbons (Fsp3) is 0.143. The fourth-order valence-electron chi connectivity index (χ4n) is 3.84. The summed E-state index contributed by atoms with van der Waals surface area (Å²) in [6.45, 7) is 0. The van der Waals surface area contributed by atoms with Gasteiger partial charge in [-0.15, -0.1) is 11.3 Å². The summed E-state index contributed by atoms with van der Waals surface area (Å²) in [6.07, 6.45) is 3.88. The number of hydrogen-bond donors (Lipinski definition) is 1. The highest BCUT2D eigenvalue weighted by molar-refractivity contribution is 7.95. The van der Waals surface area contributed by atoms with E-state index in [0.29, 0.717) is 10.8 Å². The standard InChI is InChI=1S/C21H15N3O2S2/c25-28(26)10-16(12-1-2-12)14-8-18-15(9-21(14)28)17(5-6-22-18)24-13-3-4-20-19(7-13)23-11-27-20/h3-12H,1-2H2,(H,22,24). The van der Waals surface area contributed by atoms with Crippen LogP contribution in [0.3, 0.4) is 0 Å². The summed E-state index contributed by atoms with van der Waals surface area (Å²) in [5.41, 5.74) is 7.07. The number of allylic oxidation sites excluding steroid dienone is 1. The monoisotopic (exact) mass is 405 g/mol. The Kier molecular flexibility index (Phi) is 3.25. The molecule has 1 N–H and O–H groups in total. The Balaban J connectivity index is 1.49. The average molecular weight is 406 g/mol. The number of hydrogen-bond acceptors (Lipinski definition) is 6. The van der Waals surface area contributed by atoms with Gasteiger partial charge in [0.2, 0.25) is 9.84 Å². The van der Waals surface area contributed by atoms with Crippen LogP contribution in [-0.4, -0.2) is 18.4 Å². The summed E-state index contributed by atoms with van der Waals surface area (Å²) < 4.78 is 26.5. The average Bonchev–Trinajstić information content (AvgIpc) is 3.36. The number of thiazole rings is 1. The zero-order chi connectivity index (χ0) is 18.9. The fourth-order valence-corrected chi connectivity index (χ4v) is 6.04. The number of sulfone groups is 1. The van der Waals surface area contributed by atoms with Gasteiger partial charge < -0.3 is 5.32 Å². The van der Waals surface area contributed by atoms with Crippen molar-refractivity contribution in [3.05, 3.63) is 59.1 Å². The van der Waals surface area contributed by atoms with Gasteiger partial charge in [0.15, 0.2) is 0 Å². The Morgan fingerprint density at radius 2 is 1.93 bits per heavy atom. The number of aromatic nitrogens is 2. The minimum Gasteiger partial charge on any atom is -0.355 e.